The Morgan fingerprint density at radius 1 is 1.50 bits per heavy atom. The van der Waals surface area contributed by atoms with Gasteiger partial charge >= 0.3 is 5.97 Å². The van der Waals surface area contributed by atoms with Gasteiger partial charge < -0.3 is 9.53 Å². The third-order valence-electron chi connectivity index (χ3n) is 1.34. The molecule has 0 aromatic heterocycles. The molecule has 0 bridgehead atoms. The molecule has 0 N–H and O–H groups in total. The van der Waals surface area contributed by atoms with Gasteiger partial charge in [0.1, 0.15) is 11.7 Å². The van der Waals surface area contributed by atoms with Gasteiger partial charge in [0.15, 0.2) is 0 Å². The van der Waals surface area contributed by atoms with E-state index in [0.717, 1.165) is 0 Å². The maximum Gasteiger partial charge on any atom is 0.321 e. The van der Waals surface area contributed by atoms with Gasteiger partial charge in [0.2, 0.25) is 0 Å². The second-order valence-corrected chi connectivity index (χ2v) is 2.94. The molecule has 0 saturated heterocycles. The minimum Gasteiger partial charge on any atom is -0.462 e. The second-order valence-electron chi connectivity index (χ2n) is 2.67. The van der Waals surface area contributed by atoms with Crippen LogP contribution in [0.3, 0.4) is 0 Å². The standard InChI is InChI=1S/C8H13ClO3/c1-6(10)3-4-7(2)12-8(11)5-9/h7H,3-5H2,1-2H3. The first-order valence-corrected chi connectivity index (χ1v) is 4.34. The van der Waals surface area contributed by atoms with E-state index in [0.29, 0.717) is 12.8 Å². The van der Waals surface area contributed by atoms with Crippen molar-refractivity contribution in [2.75, 3.05) is 5.88 Å². The van der Waals surface area contributed by atoms with Gasteiger partial charge in [0, 0.05) is 6.42 Å². The Balaban J connectivity index is 3.52. The molecule has 1 unspecified atom stereocenters. The van der Waals surface area contributed by atoms with Crippen molar-refractivity contribution in [3.8, 4) is 0 Å². The largest absolute Gasteiger partial charge is 0.462 e. The van der Waals surface area contributed by atoms with Crippen molar-refractivity contribution in [1.29, 1.82) is 0 Å². The Hall–Kier alpha value is -0.570. The van der Waals surface area contributed by atoms with E-state index < -0.39 is 5.97 Å². The van der Waals surface area contributed by atoms with Crippen molar-refractivity contribution in [3.05, 3.63) is 0 Å². The van der Waals surface area contributed by atoms with Gasteiger partial charge in [-0.2, -0.15) is 0 Å². The smallest absolute Gasteiger partial charge is 0.321 e. The molecule has 0 saturated carbocycles. The van der Waals surface area contributed by atoms with Gasteiger partial charge in [-0.25, -0.2) is 0 Å². The number of hydrogen-bond donors (Lipinski definition) is 0. The van der Waals surface area contributed by atoms with Gasteiger partial charge in [0.05, 0.1) is 6.10 Å². The monoisotopic (exact) mass is 192 g/mol. The fraction of sp³-hybridized carbons (Fsp3) is 0.750. The maximum atomic E-state index is 10.6. The lowest BCUT2D eigenvalue weighted by atomic mass is 10.2. The van der Waals surface area contributed by atoms with Crippen LogP contribution in [-0.4, -0.2) is 23.7 Å². The highest BCUT2D eigenvalue weighted by Gasteiger charge is 2.08. The minimum absolute atomic E-state index is 0.101. The van der Waals surface area contributed by atoms with Crippen molar-refractivity contribution in [2.45, 2.75) is 32.8 Å². The molecule has 0 rings (SSSR count). The molecule has 4 heteroatoms. The summed E-state index contributed by atoms with van der Waals surface area (Å²) in [5, 5.41) is 0. The molecule has 0 aliphatic carbocycles. The van der Waals surface area contributed by atoms with Crippen molar-refractivity contribution >= 4 is 23.4 Å². The predicted octanol–water partition coefficient (Wildman–Crippen LogP) is 1.53. The van der Waals surface area contributed by atoms with Gasteiger partial charge in [-0.15, -0.1) is 11.6 Å². The lowest BCUT2D eigenvalue weighted by molar-refractivity contribution is -0.145. The van der Waals surface area contributed by atoms with Crippen molar-refractivity contribution in [3.63, 3.8) is 0 Å². The summed E-state index contributed by atoms with van der Waals surface area (Å²) in [5.74, 6) is -0.471. The molecule has 0 aromatic carbocycles. The van der Waals surface area contributed by atoms with Crippen LogP contribution in [0, 0.1) is 0 Å². The summed E-state index contributed by atoms with van der Waals surface area (Å²) < 4.78 is 4.83. The summed E-state index contributed by atoms with van der Waals surface area (Å²) in [6.45, 7) is 3.25. The minimum atomic E-state index is -0.437. The Morgan fingerprint density at radius 2 is 2.08 bits per heavy atom. The molecule has 70 valence electrons. The fourth-order valence-corrected chi connectivity index (χ4v) is 0.784. The average molecular weight is 193 g/mol. The van der Waals surface area contributed by atoms with E-state index in [9.17, 15) is 9.59 Å². The van der Waals surface area contributed by atoms with E-state index in [2.05, 4.69) is 0 Å². The van der Waals surface area contributed by atoms with Crippen molar-refractivity contribution in [2.24, 2.45) is 0 Å². The lowest BCUT2D eigenvalue weighted by Gasteiger charge is -2.10. The second kappa shape index (κ2) is 6.00. The first-order chi connectivity index (χ1) is 5.56. The van der Waals surface area contributed by atoms with E-state index in [1.807, 2.05) is 0 Å². The maximum absolute atomic E-state index is 10.6. The van der Waals surface area contributed by atoms with Crippen LogP contribution in [-0.2, 0) is 14.3 Å². The molecule has 0 heterocycles. The van der Waals surface area contributed by atoms with Crippen LogP contribution in [0.1, 0.15) is 26.7 Å². The number of carbonyl (C=O) groups excluding carboxylic acids is 2. The molecule has 0 fully saturated rings. The third kappa shape index (κ3) is 6.16. The van der Waals surface area contributed by atoms with E-state index in [1.165, 1.54) is 6.92 Å². The van der Waals surface area contributed by atoms with E-state index in [1.54, 1.807) is 6.92 Å². The molecule has 0 aliphatic rings. The summed E-state index contributed by atoms with van der Waals surface area (Å²) in [6, 6.07) is 0. The number of halogens is 1. The van der Waals surface area contributed by atoms with E-state index in [-0.39, 0.29) is 17.8 Å². The number of rotatable bonds is 5. The molecular weight excluding hydrogens is 180 g/mol. The van der Waals surface area contributed by atoms with Gasteiger partial charge in [-0.3, -0.25) is 4.79 Å². The number of Topliss-reactive ketones (excluding diaryl/α,β-unsaturated/α-hetero) is 1. The van der Waals surface area contributed by atoms with Crippen LogP contribution in [0.15, 0.2) is 0 Å². The molecule has 0 aromatic rings. The molecule has 0 radical (unpaired) electrons. The Kier molecular flexibility index (Phi) is 5.72. The summed E-state index contributed by atoms with van der Waals surface area (Å²) in [7, 11) is 0. The number of carbonyl (C=O) groups is 2. The van der Waals surface area contributed by atoms with Crippen LogP contribution < -0.4 is 0 Å². The Morgan fingerprint density at radius 3 is 2.50 bits per heavy atom. The molecular formula is C8H13ClO3. The first kappa shape index (κ1) is 11.4. The highest BCUT2D eigenvalue weighted by Crippen LogP contribution is 2.02. The van der Waals surface area contributed by atoms with Gasteiger partial charge in [-0.05, 0) is 20.3 Å². The Labute approximate surface area is 77.0 Å². The highest BCUT2D eigenvalue weighted by molar-refractivity contribution is 6.26. The van der Waals surface area contributed by atoms with Gasteiger partial charge in [-0.1, -0.05) is 0 Å². The van der Waals surface area contributed by atoms with Gasteiger partial charge in [0.25, 0.3) is 0 Å². The highest BCUT2D eigenvalue weighted by atomic mass is 35.5. The normalized spacial score (nSPS) is 12.2. The van der Waals surface area contributed by atoms with E-state index in [4.69, 9.17) is 16.3 Å². The number of esters is 1. The fourth-order valence-electron chi connectivity index (χ4n) is 0.721. The summed E-state index contributed by atoms with van der Waals surface area (Å²) in [5.41, 5.74) is 0. The number of hydrogen-bond acceptors (Lipinski definition) is 3. The van der Waals surface area contributed by atoms with Crippen molar-refractivity contribution in [1.82, 2.24) is 0 Å². The van der Waals surface area contributed by atoms with Crippen LogP contribution in [0.2, 0.25) is 0 Å². The quantitative estimate of drug-likeness (QED) is 0.490. The molecule has 0 amide bonds. The number of ketones is 1. The Bertz CT molecular complexity index is 168. The van der Waals surface area contributed by atoms with Crippen LogP contribution in [0.5, 0.6) is 0 Å². The average Bonchev–Trinajstić information content (AvgIpc) is 2.00. The van der Waals surface area contributed by atoms with E-state index >= 15 is 0 Å². The molecule has 12 heavy (non-hydrogen) atoms. The number of alkyl halides is 1. The van der Waals surface area contributed by atoms with Crippen LogP contribution >= 0.6 is 11.6 Å². The number of ether oxygens (including phenoxy) is 1. The molecule has 1 atom stereocenters. The SMILES string of the molecule is CC(=O)CCC(C)OC(=O)CCl. The molecule has 3 nitrogen and oxygen atoms in total. The summed E-state index contributed by atoms with van der Waals surface area (Å²) in [6.07, 6.45) is 0.787. The zero-order valence-electron chi connectivity index (χ0n) is 7.30. The van der Waals surface area contributed by atoms with Crippen molar-refractivity contribution < 1.29 is 14.3 Å². The molecule has 0 aliphatic heterocycles. The van der Waals surface area contributed by atoms with Crippen LogP contribution in [0.4, 0.5) is 0 Å². The topological polar surface area (TPSA) is 43.4 Å². The summed E-state index contributed by atoms with van der Waals surface area (Å²) in [4.78, 5) is 21.2. The summed E-state index contributed by atoms with van der Waals surface area (Å²) >= 11 is 5.22. The predicted molar refractivity (Wildman–Crippen MR) is 46.2 cm³/mol. The molecule has 0 spiro atoms. The third-order valence-corrected chi connectivity index (χ3v) is 1.56. The van der Waals surface area contributed by atoms with Crippen LogP contribution in [0.25, 0.3) is 0 Å². The first-order valence-electron chi connectivity index (χ1n) is 3.81. The zero-order valence-corrected chi connectivity index (χ0v) is 8.06. The lowest BCUT2D eigenvalue weighted by Crippen LogP contribution is -2.16. The zero-order chi connectivity index (χ0) is 9.56.